The Morgan fingerprint density at radius 2 is 1.92 bits per heavy atom. The summed E-state index contributed by atoms with van der Waals surface area (Å²) in [5, 5.41) is 28.6. The van der Waals surface area contributed by atoms with Gasteiger partial charge in [-0.05, 0) is 85.8 Å². The number of aliphatic hydroxyl groups excluding tert-OH is 1. The fourth-order valence-corrected chi connectivity index (χ4v) is 9.60. The summed E-state index contributed by atoms with van der Waals surface area (Å²) >= 11 is 0. The van der Waals surface area contributed by atoms with Crippen molar-refractivity contribution in [2.24, 2.45) is 27.6 Å². The molecule has 0 radical (unpaired) electrons. The van der Waals surface area contributed by atoms with Crippen LogP contribution in [0.5, 0.6) is 0 Å². The fraction of sp³-hybridized carbons (Fsp3) is 0.600. The van der Waals surface area contributed by atoms with Crippen LogP contribution in [0.1, 0.15) is 71.1 Å². The smallest absolute Gasteiger partial charge is 0.338 e. The monoisotopic (exact) mass is 538 g/mol. The van der Waals surface area contributed by atoms with Gasteiger partial charge >= 0.3 is 5.97 Å². The molecule has 1 aromatic heterocycles. The minimum absolute atomic E-state index is 0.123. The van der Waals surface area contributed by atoms with E-state index < -0.39 is 28.5 Å². The lowest BCUT2D eigenvalue weighted by atomic mass is 9.35. The molecule has 1 heterocycles. The summed E-state index contributed by atoms with van der Waals surface area (Å²) < 4.78 is 20.9. The first-order valence-electron chi connectivity index (χ1n) is 14.0. The first kappa shape index (κ1) is 26.0. The number of halogens is 1. The van der Waals surface area contributed by atoms with Crippen molar-refractivity contribution in [1.29, 1.82) is 0 Å². The third kappa shape index (κ3) is 2.94. The van der Waals surface area contributed by atoms with Gasteiger partial charge in [0.25, 0.3) is 0 Å². The third-order valence-corrected chi connectivity index (χ3v) is 12.3. The van der Waals surface area contributed by atoms with Crippen molar-refractivity contribution in [3.05, 3.63) is 53.1 Å². The van der Waals surface area contributed by atoms with Crippen LogP contribution >= 0.6 is 0 Å². The second kappa shape index (κ2) is 8.12. The summed E-state index contributed by atoms with van der Waals surface area (Å²) in [5.41, 5.74) is 0.827. The van der Waals surface area contributed by atoms with Gasteiger partial charge < -0.3 is 14.9 Å². The Balaban J connectivity index is 1.42. The van der Waals surface area contributed by atoms with Gasteiger partial charge in [0.05, 0.1) is 40.2 Å². The maximum absolute atomic E-state index is 13.6. The Hall–Kier alpha value is -2.29. The van der Waals surface area contributed by atoms with Gasteiger partial charge in [0.2, 0.25) is 0 Å². The summed E-state index contributed by atoms with van der Waals surface area (Å²) in [5.74, 6) is -0.674. The van der Waals surface area contributed by atoms with Crippen LogP contribution in [0.25, 0.3) is 11.8 Å². The molecule has 3 fully saturated rings. The molecule has 0 aliphatic heterocycles. The topological polar surface area (TPSA) is 84.6 Å². The van der Waals surface area contributed by atoms with Gasteiger partial charge in [-0.1, -0.05) is 33.3 Å². The van der Waals surface area contributed by atoms with Crippen LogP contribution in [0.2, 0.25) is 0 Å². The zero-order chi connectivity index (χ0) is 27.3. The van der Waals surface area contributed by atoms with Crippen LogP contribution in [0.15, 0.2) is 36.0 Å². The van der Waals surface area contributed by atoms with Gasteiger partial charge in [-0.3, -0.25) is 0 Å². The zero-order valence-corrected chi connectivity index (χ0v) is 25.1. The highest BCUT2D eigenvalue weighted by Gasteiger charge is 2.77. The van der Waals surface area contributed by atoms with E-state index in [-0.39, 0.29) is 22.6 Å². The Kier molecular flexibility index (Phi) is 5.54. The number of esters is 1. The highest BCUT2D eigenvalue weighted by molar-refractivity contribution is 6.09. The molecule has 6 rings (SSSR count). The number of carbonyl (C=O) groups is 1. The van der Waals surface area contributed by atoms with Gasteiger partial charge in [0.1, 0.15) is 5.82 Å². The molecule has 0 saturated heterocycles. The number of benzene rings is 1. The van der Waals surface area contributed by atoms with E-state index in [1.165, 1.54) is 17.7 Å². The second-order valence-corrected chi connectivity index (χ2v) is 13.6. The zero-order valence-electron chi connectivity index (χ0n) is 23.1. The molecule has 0 bridgehead atoms. The fourth-order valence-electron chi connectivity index (χ4n) is 9.34. The van der Waals surface area contributed by atoms with E-state index in [1.54, 1.807) is 12.1 Å². The summed E-state index contributed by atoms with van der Waals surface area (Å²) in [7, 11) is 0.722. The first-order valence-corrected chi connectivity index (χ1v) is 15.4. The summed E-state index contributed by atoms with van der Waals surface area (Å²) in [6, 6.07) is 6.39. The van der Waals surface area contributed by atoms with E-state index >= 15 is 0 Å². The van der Waals surface area contributed by atoms with Gasteiger partial charge in [-0.25, -0.2) is 13.9 Å². The molecular weight excluding hydrogens is 499 g/mol. The van der Waals surface area contributed by atoms with Crippen LogP contribution in [0.4, 0.5) is 4.39 Å². The highest BCUT2D eigenvalue weighted by atomic mass is 28.1. The van der Waals surface area contributed by atoms with Crippen LogP contribution in [0.3, 0.4) is 0 Å². The largest absolute Gasteiger partial charge is 0.468 e. The summed E-state index contributed by atoms with van der Waals surface area (Å²) in [6.07, 6.45) is 7.78. The molecule has 7 atom stereocenters. The minimum atomic E-state index is -1.58. The lowest BCUT2D eigenvalue weighted by molar-refractivity contribution is -0.248. The number of ether oxygens (including phenoxy) is 1. The van der Waals surface area contributed by atoms with E-state index in [1.807, 2.05) is 17.8 Å². The molecule has 2 aromatic rings. The van der Waals surface area contributed by atoms with E-state index in [9.17, 15) is 19.4 Å². The molecule has 3 saturated carbocycles. The van der Waals surface area contributed by atoms with Gasteiger partial charge in [0, 0.05) is 16.2 Å². The number of hydrogen-bond acceptors (Lipinski definition) is 5. The average Bonchev–Trinajstić information content (AvgIpc) is 3.36. The molecule has 38 heavy (non-hydrogen) atoms. The predicted molar refractivity (Wildman–Crippen MR) is 146 cm³/mol. The first-order chi connectivity index (χ1) is 17.9. The SMILES string of the molecule is CC12Cc3cnn(-c4ccc(F)cc4)c3C=C1CCC1[C@]2(C)C(O)CC2(C)C(O)(C(=O)OC[SiH3])CC[C@@]12C. The normalized spacial score (nSPS) is 41.5. The van der Waals surface area contributed by atoms with Crippen molar-refractivity contribution in [2.75, 3.05) is 6.23 Å². The summed E-state index contributed by atoms with van der Waals surface area (Å²) in [6.45, 7) is 8.78. The Bertz CT molecular complexity index is 1340. The molecule has 0 spiro atoms. The third-order valence-electron chi connectivity index (χ3n) is 12.0. The quantitative estimate of drug-likeness (QED) is 0.461. The molecule has 1 aromatic carbocycles. The number of rotatable bonds is 3. The van der Waals surface area contributed by atoms with Crippen LogP contribution in [-0.4, -0.2) is 54.1 Å². The van der Waals surface area contributed by atoms with Gasteiger partial charge in [0.15, 0.2) is 5.60 Å². The Morgan fingerprint density at radius 1 is 1.21 bits per heavy atom. The minimum Gasteiger partial charge on any atom is -0.468 e. The number of fused-ring (bicyclic) bond motifs is 6. The maximum Gasteiger partial charge on any atom is 0.338 e. The second-order valence-electron chi connectivity index (χ2n) is 13.0. The number of hydrogen-bond donors (Lipinski definition) is 2. The molecule has 204 valence electrons. The molecule has 6 nitrogen and oxygen atoms in total. The Labute approximate surface area is 226 Å². The van der Waals surface area contributed by atoms with E-state index in [2.05, 4.69) is 31.9 Å². The lowest BCUT2D eigenvalue weighted by Crippen LogP contribution is -2.69. The van der Waals surface area contributed by atoms with Crippen molar-refractivity contribution in [2.45, 2.75) is 77.9 Å². The van der Waals surface area contributed by atoms with E-state index in [0.717, 1.165) is 52.9 Å². The van der Waals surface area contributed by atoms with Crippen molar-refractivity contribution >= 4 is 22.3 Å². The number of aliphatic hydroxyl groups is 2. The van der Waals surface area contributed by atoms with Crippen LogP contribution < -0.4 is 0 Å². The molecule has 5 unspecified atom stereocenters. The number of carbonyl (C=O) groups excluding carboxylic acids is 1. The van der Waals surface area contributed by atoms with E-state index in [0.29, 0.717) is 19.1 Å². The number of aromatic nitrogens is 2. The molecule has 4 aliphatic carbocycles. The maximum atomic E-state index is 13.6. The molecule has 2 N–H and O–H groups in total. The van der Waals surface area contributed by atoms with Gasteiger partial charge in [-0.2, -0.15) is 5.10 Å². The molecule has 8 heteroatoms. The molecule has 0 amide bonds. The van der Waals surface area contributed by atoms with Gasteiger partial charge in [-0.15, -0.1) is 0 Å². The summed E-state index contributed by atoms with van der Waals surface area (Å²) in [4.78, 5) is 13.1. The van der Waals surface area contributed by atoms with Crippen LogP contribution in [-0.2, 0) is 16.0 Å². The number of allylic oxidation sites excluding steroid dienone is 1. The predicted octanol–water partition coefficient (Wildman–Crippen LogP) is 3.54. The molecule has 4 aliphatic rings. The van der Waals surface area contributed by atoms with Crippen molar-refractivity contribution in [1.82, 2.24) is 9.78 Å². The lowest BCUT2D eigenvalue weighted by Gasteiger charge is -2.69. The van der Waals surface area contributed by atoms with Crippen molar-refractivity contribution < 1.29 is 24.1 Å². The Morgan fingerprint density at radius 3 is 2.61 bits per heavy atom. The van der Waals surface area contributed by atoms with Crippen molar-refractivity contribution in [3.63, 3.8) is 0 Å². The standard InChI is InChI=1S/C30H39FN2O4Si/c1-26-11-12-30(36,25(35)37-17-38)28(26,3)15-24(34)29(4)23(26)10-5-19-13-22-18(14-27(19,29)2)16-32-33(22)21-8-6-20(31)7-9-21/h6-9,13,16,23-24,34,36H,5,10-12,14-15,17H2,1-4,38H3/t23?,24?,26-,27?,28?,29+,30?/m0/s1. The molecular formula is C30H39FN2O4Si. The average molecular weight is 539 g/mol. The number of nitrogens with zero attached hydrogens (tertiary/aromatic N) is 2. The highest BCUT2D eigenvalue weighted by Crippen LogP contribution is 2.76. The van der Waals surface area contributed by atoms with Crippen LogP contribution in [0, 0.1) is 33.4 Å². The van der Waals surface area contributed by atoms with E-state index in [4.69, 9.17) is 4.74 Å². The van der Waals surface area contributed by atoms with Crippen molar-refractivity contribution in [3.8, 4) is 5.69 Å².